The average molecular weight is 399 g/mol. The number of nitrogens with one attached hydrogen (secondary N) is 4. The molecule has 6 nitrogen and oxygen atoms in total. The van der Waals surface area contributed by atoms with Gasteiger partial charge in [0.1, 0.15) is 26.2 Å². The molecule has 1 aliphatic rings. The van der Waals surface area contributed by atoms with E-state index in [9.17, 15) is 9.59 Å². The van der Waals surface area contributed by atoms with Crippen LogP contribution in [0, 0.1) is 0 Å². The second-order valence-electron chi connectivity index (χ2n) is 8.06. The molecule has 0 radical (unpaired) electrons. The van der Waals surface area contributed by atoms with Crippen LogP contribution in [0.15, 0.2) is 42.5 Å². The van der Waals surface area contributed by atoms with E-state index in [4.69, 9.17) is 0 Å². The van der Waals surface area contributed by atoms with Crippen molar-refractivity contribution in [3.05, 3.63) is 42.5 Å². The molecular formula is C23H34N4O2+2. The molecule has 1 atom stereocenters. The Morgan fingerprint density at radius 2 is 1.76 bits per heavy atom. The van der Waals surface area contributed by atoms with Crippen LogP contribution in [0.25, 0.3) is 10.8 Å². The van der Waals surface area contributed by atoms with Gasteiger partial charge in [-0.15, -0.1) is 0 Å². The molecule has 6 heteroatoms. The zero-order valence-corrected chi connectivity index (χ0v) is 17.6. The monoisotopic (exact) mass is 398 g/mol. The zero-order chi connectivity index (χ0) is 20.6. The van der Waals surface area contributed by atoms with Crippen LogP contribution in [0.3, 0.4) is 0 Å². The van der Waals surface area contributed by atoms with Gasteiger partial charge in [-0.25, -0.2) is 0 Å². The van der Waals surface area contributed by atoms with Crippen molar-refractivity contribution in [1.29, 1.82) is 0 Å². The van der Waals surface area contributed by atoms with Gasteiger partial charge in [-0.1, -0.05) is 43.7 Å². The standard InChI is InChI=1S/C23H32N4O2/c1-3-4-11-24-22(28)17-26-12-14-27(15-13-26)18(2)23(29)25-21-10-9-19-7-5-6-8-20(19)16-21/h5-10,16,18H,3-4,11-15,17H2,1-2H3,(H,24,28)(H,25,29)/p+2/t18-/m0/s1. The van der Waals surface area contributed by atoms with E-state index in [1.54, 1.807) is 0 Å². The van der Waals surface area contributed by atoms with Gasteiger partial charge >= 0.3 is 0 Å². The van der Waals surface area contributed by atoms with Gasteiger partial charge in [0.15, 0.2) is 12.6 Å². The lowest BCUT2D eigenvalue weighted by atomic mass is 10.1. The third-order valence-corrected chi connectivity index (χ3v) is 5.89. The van der Waals surface area contributed by atoms with E-state index < -0.39 is 0 Å². The number of anilines is 1. The molecule has 0 unspecified atom stereocenters. The normalized spacial score (nSPS) is 20.2. The highest BCUT2D eigenvalue weighted by Crippen LogP contribution is 2.18. The van der Waals surface area contributed by atoms with Gasteiger partial charge in [0, 0.05) is 12.2 Å². The van der Waals surface area contributed by atoms with Crippen molar-refractivity contribution in [2.75, 3.05) is 44.6 Å². The number of carbonyl (C=O) groups excluding carboxylic acids is 2. The van der Waals surface area contributed by atoms with Gasteiger partial charge in [0.05, 0.1) is 0 Å². The summed E-state index contributed by atoms with van der Waals surface area (Å²) in [5.41, 5.74) is 0.841. The number of hydrogen-bond acceptors (Lipinski definition) is 2. The second kappa shape index (κ2) is 10.4. The smallest absolute Gasteiger partial charge is 0.282 e. The number of unbranched alkanes of at least 4 members (excludes halogenated alkanes) is 1. The SMILES string of the molecule is CCCCNC(=O)C[NH+]1CC[NH+]([C@@H](C)C(=O)Nc2ccc3ccccc3c2)CC1. The number of fused-ring (bicyclic) bond motifs is 1. The van der Waals surface area contributed by atoms with Gasteiger partial charge in [0.25, 0.3) is 11.8 Å². The van der Waals surface area contributed by atoms with E-state index in [0.29, 0.717) is 6.54 Å². The molecule has 3 rings (SSSR count). The summed E-state index contributed by atoms with van der Waals surface area (Å²) in [7, 11) is 0. The first-order valence-corrected chi connectivity index (χ1v) is 10.8. The molecule has 156 valence electrons. The van der Waals surface area contributed by atoms with E-state index in [1.807, 2.05) is 37.3 Å². The summed E-state index contributed by atoms with van der Waals surface area (Å²) in [6.07, 6.45) is 2.12. The summed E-state index contributed by atoms with van der Waals surface area (Å²) >= 11 is 0. The summed E-state index contributed by atoms with van der Waals surface area (Å²) in [6, 6.07) is 14.1. The number of rotatable bonds is 8. The summed E-state index contributed by atoms with van der Waals surface area (Å²) in [5, 5.41) is 8.36. The highest BCUT2D eigenvalue weighted by Gasteiger charge is 2.31. The molecule has 1 aliphatic heterocycles. The molecule has 0 spiro atoms. The van der Waals surface area contributed by atoms with E-state index >= 15 is 0 Å². The molecule has 2 amide bonds. The first kappa shape index (κ1) is 21.3. The summed E-state index contributed by atoms with van der Waals surface area (Å²) in [6.45, 7) is 9.08. The van der Waals surface area contributed by atoms with Crippen LogP contribution in [-0.2, 0) is 9.59 Å². The van der Waals surface area contributed by atoms with Gasteiger partial charge in [-0.3, -0.25) is 9.59 Å². The van der Waals surface area contributed by atoms with Crippen molar-refractivity contribution >= 4 is 28.3 Å². The van der Waals surface area contributed by atoms with Crippen molar-refractivity contribution in [3.63, 3.8) is 0 Å². The minimum atomic E-state index is -0.110. The Hall–Kier alpha value is -2.44. The van der Waals surface area contributed by atoms with Gasteiger partial charge in [-0.2, -0.15) is 0 Å². The largest absolute Gasteiger partial charge is 0.351 e. The van der Waals surface area contributed by atoms with E-state index in [0.717, 1.165) is 56.6 Å². The zero-order valence-electron chi connectivity index (χ0n) is 17.6. The molecule has 1 saturated heterocycles. The van der Waals surface area contributed by atoms with Crippen LogP contribution in [0.5, 0.6) is 0 Å². The Morgan fingerprint density at radius 3 is 2.48 bits per heavy atom. The Morgan fingerprint density at radius 1 is 1.03 bits per heavy atom. The lowest BCUT2D eigenvalue weighted by molar-refractivity contribution is -1.01. The molecule has 1 fully saturated rings. The molecule has 2 aromatic rings. The van der Waals surface area contributed by atoms with Crippen LogP contribution in [-0.4, -0.2) is 57.1 Å². The van der Waals surface area contributed by atoms with Crippen LogP contribution in [0.1, 0.15) is 26.7 Å². The van der Waals surface area contributed by atoms with Crippen molar-refractivity contribution in [1.82, 2.24) is 5.32 Å². The fourth-order valence-electron chi connectivity index (χ4n) is 3.93. The quantitative estimate of drug-likeness (QED) is 0.468. The first-order chi connectivity index (χ1) is 14.1. The second-order valence-corrected chi connectivity index (χ2v) is 8.06. The van der Waals surface area contributed by atoms with Crippen molar-refractivity contribution in [2.24, 2.45) is 0 Å². The molecule has 0 aliphatic carbocycles. The van der Waals surface area contributed by atoms with E-state index in [2.05, 4.69) is 29.7 Å². The maximum absolute atomic E-state index is 12.8. The molecule has 0 aromatic heterocycles. The average Bonchev–Trinajstić information content (AvgIpc) is 2.74. The maximum atomic E-state index is 12.8. The predicted molar refractivity (Wildman–Crippen MR) is 116 cm³/mol. The Labute approximate surface area is 173 Å². The van der Waals surface area contributed by atoms with Crippen molar-refractivity contribution < 1.29 is 19.4 Å². The van der Waals surface area contributed by atoms with Crippen LogP contribution < -0.4 is 20.4 Å². The number of carbonyl (C=O) groups is 2. The number of hydrogen-bond donors (Lipinski definition) is 4. The Balaban J connectivity index is 1.46. The predicted octanol–water partition coefficient (Wildman–Crippen LogP) is -0.133. The fraction of sp³-hybridized carbons (Fsp3) is 0.478. The van der Waals surface area contributed by atoms with Crippen molar-refractivity contribution in [2.45, 2.75) is 32.7 Å². The van der Waals surface area contributed by atoms with E-state index in [-0.39, 0.29) is 17.9 Å². The number of benzene rings is 2. The number of piperazine rings is 1. The van der Waals surface area contributed by atoms with Crippen LogP contribution in [0.2, 0.25) is 0 Å². The third kappa shape index (κ3) is 6.02. The molecule has 4 N–H and O–H groups in total. The topological polar surface area (TPSA) is 67.1 Å². The highest BCUT2D eigenvalue weighted by atomic mass is 16.2. The number of quaternary nitrogens is 2. The Bertz CT molecular complexity index is 830. The van der Waals surface area contributed by atoms with Crippen molar-refractivity contribution in [3.8, 4) is 0 Å². The van der Waals surface area contributed by atoms with E-state index in [1.165, 1.54) is 15.2 Å². The Kier molecular flexibility index (Phi) is 7.61. The lowest BCUT2D eigenvalue weighted by Crippen LogP contribution is -3.30. The number of amides is 2. The third-order valence-electron chi connectivity index (χ3n) is 5.89. The van der Waals surface area contributed by atoms with Gasteiger partial charge in [-0.05, 0) is 36.2 Å². The molecule has 0 saturated carbocycles. The molecule has 1 heterocycles. The molecule has 2 aromatic carbocycles. The maximum Gasteiger partial charge on any atom is 0.282 e. The highest BCUT2D eigenvalue weighted by molar-refractivity contribution is 5.96. The fourth-order valence-corrected chi connectivity index (χ4v) is 3.93. The lowest BCUT2D eigenvalue weighted by Gasteiger charge is -2.32. The summed E-state index contributed by atoms with van der Waals surface area (Å²) in [5.74, 6) is 0.190. The van der Waals surface area contributed by atoms with Gasteiger partial charge < -0.3 is 20.4 Å². The van der Waals surface area contributed by atoms with Gasteiger partial charge in [0.2, 0.25) is 0 Å². The van der Waals surface area contributed by atoms with Crippen LogP contribution in [0.4, 0.5) is 5.69 Å². The summed E-state index contributed by atoms with van der Waals surface area (Å²) in [4.78, 5) is 27.4. The van der Waals surface area contributed by atoms with Crippen LogP contribution >= 0.6 is 0 Å². The minimum absolute atomic E-state index is 0.0519. The molecular weight excluding hydrogens is 364 g/mol. The first-order valence-electron chi connectivity index (χ1n) is 10.8. The summed E-state index contributed by atoms with van der Waals surface area (Å²) < 4.78 is 0. The minimum Gasteiger partial charge on any atom is -0.351 e. The molecule has 29 heavy (non-hydrogen) atoms. The molecule has 0 bridgehead atoms.